The van der Waals surface area contributed by atoms with Crippen LogP contribution in [0.15, 0.2) is 0 Å². The predicted octanol–water partition coefficient (Wildman–Crippen LogP) is 0.276. The van der Waals surface area contributed by atoms with E-state index in [1.54, 1.807) is 13.8 Å². The first-order valence-electron chi connectivity index (χ1n) is 4.63. The summed E-state index contributed by atoms with van der Waals surface area (Å²) in [6, 6.07) is 0. The largest absolute Gasteiger partial charge is 0.465 e. The van der Waals surface area contributed by atoms with E-state index in [0.29, 0.717) is 0 Å². The van der Waals surface area contributed by atoms with Gasteiger partial charge in [0.05, 0.1) is 13.2 Å². The lowest BCUT2D eigenvalue weighted by atomic mass is 10.1. The summed E-state index contributed by atoms with van der Waals surface area (Å²) in [5, 5.41) is 2.57. The van der Waals surface area contributed by atoms with Crippen LogP contribution >= 0.6 is 12.2 Å². The van der Waals surface area contributed by atoms with E-state index >= 15 is 0 Å². The van der Waals surface area contributed by atoms with Crippen molar-refractivity contribution in [3.63, 3.8) is 0 Å². The molecule has 0 aromatic heterocycles. The summed E-state index contributed by atoms with van der Waals surface area (Å²) in [5.74, 6) is -2.53. The van der Waals surface area contributed by atoms with Gasteiger partial charge in [0.15, 0.2) is 0 Å². The molecule has 0 fully saturated rings. The second kappa shape index (κ2) is 7.17. The number of thiocarbonyl (C=S) groups is 1. The molecule has 5 nitrogen and oxygen atoms in total. The van der Waals surface area contributed by atoms with E-state index in [-0.39, 0.29) is 18.2 Å². The van der Waals surface area contributed by atoms with Gasteiger partial charge >= 0.3 is 11.9 Å². The molecule has 0 aromatic rings. The lowest BCUT2D eigenvalue weighted by Crippen LogP contribution is -2.39. The molecule has 0 atom stereocenters. The molecular weight excluding hydrogens is 218 g/mol. The van der Waals surface area contributed by atoms with Crippen LogP contribution in [0.25, 0.3) is 0 Å². The highest BCUT2D eigenvalue weighted by Gasteiger charge is 2.33. The number of hydrogen-bond donors (Lipinski definition) is 1. The monoisotopic (exact) mass is 233 g/mol. The van der Waals surface area contributed by atoms with Crippen LogP contribution in [-0.2, 0) is 19.1 Å². The summed E-state index contributed by atoms with van der Waals surface area (Å²) >= 11 is 4.84. The van der Waals surface area contributed by atoms with Crippen LogP contribution in [0, 0.1) is 5.92 Å². The number of carbonyl (C=O) groups excluding carboxylic acids is 2. The van der Waals surface area contributed by atoms with E-state index in [2.05, 4.69) is 5.32 Å². The standard InChI is InChI=1S/C9H15NO4S/c1-4-13-8(11)6(7(15)10-3)9(12)14-5-2/h6H,4-5H2,1-3H3,(H,10,15). The van der Waals surface area contributed by atoms with Crippen molar-refractivity contribution >= 4 is 29.1 Å². The minimum absolute atomic E-state index is 0.104. The van der Waals surface area contributed by atoms with Gasteiger partial charge in [0.1, 0.15) is 4.99 Å². The minimum Gasteiger partial charge on any atom is -0.465 e. The fourth-order valence-corrected chi connectivity index (χ4v) is 1.10. The highest BCUT2D eigenvalue weighted by Crippen LogP contribution is 2.05. The molecule has 6 heteroatoms. The Bertz CT molecular complexity index is 236. The molecule has 0 aromatic carbocycles. The van der Waals surface area contributed by atoms with Crippen molar-refractivity contribution in [2.75, 3.05) is 20.3 Å². The van der Waals surface area contributed by atoms with Gasteiger partial charge in [-0.2, -0.15) is 0 Å². The smallest absolute Gasteiger partial charge is 0.327 e. The number of hydrogen-bond acceptors (Lipinski definition) is 5. The molecule has 0 spiro atoms. The molecule has 15 heavy (non-hydrogen) atoms. The fourth-order valence-electron chi connectivity index (χ4n) is 0.906. The lowest BCUT2D eigenvalue weighted by molar-refractivity contribution is -0.157. The first-order chi connectivity index (χ1) is 7.08. The molecular formula is C9H15NO4S. The third kappa shape index (κ3) is 4.24. The second-order valence-electron chi connectivity index (χ2n) is 2.55. The van der Waals surface area contributed by atoms with Gasteiger partial charge in [-0.3, -0.25) is 9.59 Å². The van der Waals surface area contributed by atoms with Gasteiger partial charge in [0.25, 0.3) is 0 Å². The average molecular weight is 233 g/mol. The van der Waals surface area contributed by atoms with Gasteiger partial charge in [-0.15, -0.1) is 0 Å². The molecule has 1 N–H and O–H groups in total. The number of rotatable bonds is 5. The second-order valence-corrected chi connectivity index (χ2v) is 2.99. The van der Waals surface area contributed by atoms with Crippen molar-refractivity contribution in [2.24, 2.45) is 5.92 Å². The molecule has 0 aliphatic rings. The van der Waals surface area contributed by atoms with Crippen LogP contribution in [-0.4, -0.2) is 37.2 Å². The summed E-state index contributed by atoms with van der Waals surface area (Å²) in [5.41, 5.74) is 0. The Kier molecular flexibility index (Phi) is 6.61. The van der Waals surface area contributed by atoms with Crippen LogP contribution in [0.4, 0.5) is 0 Å². The third-order valence-electron chi connectivity index (χ3n) is 1.55. The summed E-state index contributed by atoms with van der Waals surface area (Å²) in [6.45, 7) is 3.70. The summed E-state index contributed by atoms with van der Waals surface area (Å²) in [4.78, 5) is 22.9. The Balaban J connectivity index is 4.64. The topological polar surface area (TPSA) is 64.6 Å². The first-order valence-corrected chi connectivity index (χ1v) is 5.04. The zero-order valence-corrected chi connectivity index (χ0v) is 9.85. The third-order valence-corrected chi connectivity index (χ3v) is 1.99. The van der Waals surface area contributed by atoms with Crippen molar-refractivity contribution in [3.8, 4) is 0 Å². The van der Waals surface area contributed by atoms with Crippen LogP contribution < -0.4 is 5.32 Å². The molecule has 0 rings (SSSR count). The molecule has 86 valence electrons. The van der Waals surface area contributed by atoms with E-state index in [1.807, 2.05) is 0 Å². The summed E-state index contributed by atoms with van der Waals surface area (Å²) < 4.78 is 9.45. The molecule has 0 saturated heterocycles. The van der Waals surface area contributed by atoms with Crippen molar-refractivity contribution < 1.29 is 19.1 Å². The Hall–Kier alpha value is -1.17. The summed E-state index contributed by atoms with van der Waals surface area (Å²) in [7, 11) is 1.54. The maximum atomic E-state index is 11.4. The van der Waals surface area contributed by atoms with E-state index in [4.69, 9.17) is 21.7 Å². The summed E-state index contributed by atoms with van der Waals surface area (Å²) in [6.07, 6.45) is 0. The van der Waals surface area contributed by atoms with E-state index < -0.39 is 17.9 Å². The fraction of sp³-hybridized carbons (Fsp3) is 0.667. The van der Waals surface area contributed by atoms with Gasteiger partial charge in [-0.05, 0) is 13.8 Å². The Morgan fingerprint density at radius 3 is 1.87 bits per heavy atom. The molecule has 0 amide bonds. The van der Waals surface area contributed by atoms with Crippen molar-refractivity contribution in [1.29, 1.82) is 0 Å². The maximum Gasteiger partial charge on any atom is 0.327 e. The SMILES string of the molecule is CCOC(=O)C(C(=O)OCC)C(=S)NC. The molecule has 0 bridgehead atoms. The van der Waals surface area contributed by atoms with Crippen molar-refractivity contribution in [1.82, 2.24) is 5.32 Å². The predicted molar refractivity (Wildman–Crippen MR) is 58.4 cm³/mol. The average Bonchev–Trinajstić information content (AvgIpc) is 2.18. The molecule has 0 saturated carbocycles. The van der Waals surface area contributed by atoms with E-state index in [9.17, 15) is 9.59 Å². The Morgan fingerprint density at radius 2 is 1.60 bits per heavy atom. The normalized spacial score (nSPS) is 9.60. The van der Waals surface area contributed by atoms with Gasteiger partial charge in [0, 0.05) is 7.05 Å². The van der Waals surface area contributed by atoms with E-state index in [0.717, 1.165) is 0 Å². The van der Waals surface area contributed by atoms with Gasteiger partial charge < -0.3 is 14.8 Å². The van der Waals surface area contributed by atoms with Crippen molar-refractivity contribution in [2.45, 2.75) is 13.8 Å². The number of ether oxygens (including phenoxy) is 2. The highest BCUT2D eigenvalue weighted by atomic mass is 32.1. The molecule has 0 aliphatic carbocycles. The lowest BCUT2D eigenvalue weighted by Gasteiger charge is -2.14. The van der Waals surface area contributed by atoms with Crippen LogP contribution in [0.2, 0.25) is 0 Å². The molecule has 0 heterocycles. The zero-order chi connectivity index (χ0) is 11.8. The van der Waals surface area contributed by atoms with Gasteiger partial charge in [-0.1, -0.05) is 12.2 Å². The zero-order valence-electron chi connectivity index (χ0n) is 9.03. The highest BCUT2D eigenvalue weighted by molar-refractivity contribution is 7.80. The van der Waals surface area contributed by atoms with Gasteiger partial charge in [-0.25, -0.2) is 0 Å². The van der Waals surface area contributed by atoms with Crippen molar-refractivity contribution in [3.05, 3.63) is 0 Å². The van der Waals surface area contributed by atoms with Crippen LogP contribution in [0.1, 0.15) is 13.8 Å². The minimum atomic E-state index is -1.16. The molecule has 0 aliphatic heterocycles. The Labute approximate surface area is 94.1 Å². The number of carbonyl (C=O) groups is 2. The maximum absolute atomic E-state index is 11.4. The Morgan fingerprint density at radius 1 is 1.20 bits per heavy atom. The van der Waals surface area contributed by atoms with Crippen LogP contribution in [0.3, 0.4) is 0 Å². The molecule has 0 unspecified atom stereocenters. The van der Waals surface area contributed by atoms with Gasteiger partial charge in [0.2, 0.25) is 5.92 Å². The quantitative estimate of drug-likeness (QED) is 0.418. The first kappa shape index (κ1) is 13.8. The van der Waals surface area contributed by atoms with Crippen LogP contribution in [0.5, 0.6) is 0 Å². The number of esters is 2. The number of nitrogens with one attached hydrogen (secondary N) is 1. The van der Waals surface area contributed by atoms with E-state index in [1.165, 1.54) is 7.05 Å². The molecule has 0 radical (unpaired) electrons.